The van der Waals surface area contributed by atoms with E-state index in [1.165, 1.54) is 12.1 Å². The molecule has 0 unspecified atom stereocenters. The predicted octanol–water partition coefficient (Wildman–Crippen LogP) is 4.46. The Morgan fingerprint density at radius 2 is 1.85 bits per heavy atom. The molecule has 0 radical (unpaired) electrons. The Labute approximate surface area is 151 Å². The zero-order valence-corrected chi connectivity index (χ0v) is 14.1. The van der Waals surface area contributed by atoms with Gasteiger partial charge in [-0.1, -0.05) is 0 Å². The fourth-order valence-electron chi connectivity index (χ4n) is 2.87. The van der Waals surface area contributed by atoms with E-state index in [0.29, 0.717) is 17.3 Å². The average Bonchev–Trinajstić information content (AvgIpc) is 2.93. The molecule has 1 heterocycles. The van der Waals surface area contributed by atoms with Crippen LogP contribution in [0.5, 0.6) is 5.75 Å². The van der Waals surface area contributed by atoms with Crippen molar-refractivity contribution < 1.29 is 32.3 Å². The molecule has 2 aromatic carbocycles. The van der Waals surface area contributed by atoms with Crippen LogP contribution in [0.3, 0.4) is 0 Å². The van der Waals surface area contributed by atoms with Crippen molar-refractivity contribution >= 4 is 28.8 Å². The normalized spacial score (nSPS) is 11.6. The Morgan fingerprint density at radius 3 is 2.44 bits per heavy atom. The lowest BCUT2D eigenvalue weighted by molar-refractivity contribution is -0.137. The van der Waals surface area contributed by atoms with E-state index in [1.54, 1.807) is 6.92 Å². The number of fused-ring (bicyclic) bond motifs is 1. The third-order valence-electron chi connectivity index (χ3n) is 4.10. The maximum Gasteiger partial charge on any atom is 0.416 e. The molecule has 140 valence electrons. The van der Waals surface area contributed by atoms with Crippen LogP contribution in [0.2, 0.25) is 0 Å². The molecule has 1 amide bonds. The Hall–Kier alpha value is -3.29. The Kier molecular flexibility index (Phi) is 4.65. The lowest BCUT2D eigenvalue weighted by Gasteiger charge is -2.09. The van der Waals surface area contributed by atoms with E-state index in [4.69, 9.17) is 4.42 Å². The largest absolute Gasteiger partial charge is 0.508 e. The van der Waals surface area contributed by atoms with E-state index in [-0.39, 0.29) is 34.7 Å². The number of carbonyl (C=O) groups is 2. The van der Waals surface area contributed by atoms with Gasteiger partial charge in [0.15, 0.2) is 0 Å². The molecule has 0 fully saturated rings. The summed E-state index contributed by atoms with van der Waals surface area (Å²) in [5.41, 5.74) is 0.0109. The summed E-state index contributed by atoms with van der Waals surface area (Å²) in [6, 6.07) is 6.84. The van der Waals surface area contributed by atoms with Gasteiger partial charge < -0.3 is 19.6 Å². The summed E-state index contributed by atoms with van der Waals surface area (Å²) in [5, 5.41) is 12.8. The first-order chi connectivity index (χ1) is 12.7. The highest BCUT2D eigenvalue weighted by molar-refractivity contribution is 6.14. The quantitative estimate of drug-likeness (QED) is 0.658. The van der Waals surface area contributed by atoms with Crippen LogP contribution >= 0.6 is 0 Å². The number of phenolic OH excluding ortho intramolecular Hbond substituents is 1. The van der Waals surface area contributed by atoms with Crippen LogP contribution in [-0.2, 0) is 17.4 Å². The molecule has 5 nitrogen and oxygen atoms in total. The van der Waals surface area contributed by atoms with Crippen molar-refractivity contribution in [2.45, 2.75) is 19.5 Å². The SMILES string of the molecule is Cc1oc2ccc(O)c(CC=O)c2c1C(=O)Nc1ccc(C(F)(F)F)cc1. The molecule has 0 saturated carbocycles. The third kappa shape index (κ3) is 3.51. The van der Waals surface area contributed by atoms with Crippen molar-refractivity contribution in [2.75, 3.05) is 5.32 Å². The van der Waals surface area contributed by atoms with E-state index < -0.39 is 17.6 Å². The molecule has 0 aliphatic heterocycles. The van der Waals surface area contributed by atoms with Gasteiger partial charge in [0, 0.05) is 23.1 Å². The maximum atomic E-state index is 12.7. The minimum Gasteiger partial charge on any atom is -0.508 e. The number of hydrogen-bond donors (Lipinski definition) is 2. The van der Waals surface area contributed by atoms with E-state index in [0.717, 1.165) is 24.3 Å². The molecule has 8 heteroatoms. The Morgan fingerprint density at radius 1 is 1.19 bits per heavy atom. The van der Waals surface area contributed by atoms with Crippen molar-refractivity contribution in [3.8, 4) is 5.75 Å². The van der Waals surface area contributed by atoms with Gasteiger partial charge in [-0.25, -0.2) is 0 Å². The molecule has 0 aliphatic carbocycles. The topological polar surface area (TPSA) is 79.5 Å². The highest BCUT2D eigenvalue weighted by atomic mass is 19.4. The second-order valence-corrected chi connectivity index (χ2v) is 5.87. The lowest BCUT2D eigenvalue weighted by atomic mass is 10.0. The number of amides is 1. The fraction of sp³-hybridized carbons (Fsp3) is 0.158. The molecule has 3 aromatic rings. The lowest BCUT2D eigenvalue weighted by Crippen LogP contribution is -2.13. The van der Waals surface area contributed by atoms with Gasteiger partial charge in [0.2, 0.25) is 0 Å². The van der Waals surface area contributed by atoms with Crippen molar-refractivity contribution in [1.29, 1.82) is 0 Å². The van der Waals surface area contributed by atoms with Gasteiger partial charge in [-0.05, 0) is 43.3 Å². The standard InChI is InChI=1S/C19H14F3NO4/c1-10-16(17-13(8-9-24)14(25)6-7-15(17)27-10)18(26)23-12-4-2-11(3-5-12)19(20,21)22/h2-7,9,25H,8H2,1H3,(H,23,26). The van der Waals surface area contributed by atoms with Gasteiger partial charge in [-0.3, -0.25) is 4.79 Å². The Bertz CT molecular complexity index is 1020. The molecule has 3 rings (SSSR count). The van der Waals surface area contributed by atoms with Crippen molar-refractivity contribution in [1.82, 2.24) is 0 Å². The van der Waals surface area contributed by atoms with Crippen LogP contribution in [0, 0.1) is 6.92 Å². The first-order valence-corrected chi connectivity index (χ1v) is 7.88. The number of carbonyl (C=O) groups excluding carboxylic acids is 2. The van der Waals surface area contributed by atoms with Gasteiger partial charge in [0.1, 0.15) is 23.4 Å². The van der Waals surface area contributed by atoms with E-state index in [1.807, 2.05) is 0 Å². The fourth-order valence-corrected chi connectivity index (χ4v) is 2.87. The number of anilines is 1. The number of aldehydes is 1. The average molecular weight is 377 g/mol. The minimum absolute atomic E-state index is 0.109. The first-order valence-electron chi connectivity index (χ1n) is 7.88. The number of aromatic hydroxyl groups is 1. The second-order valence-electron chi connectivity index (χ2n) is 5.87. The van der Waals surface area contributed by atoms with Crippen LogP contribution in [0.15, 0.2) is 40.8 Å². The van der Waals surface area contributed by atoms with Gasteiger partial charge in [0.05, 0.1) is 11.1 Å². The number of halogens is 3. The number of aryl methyl sites for hydroxylation is 1. The van der Waals surface area contributed by atoms with Crippen molar-refractivity contribution in [3.63, 3.8) is 0 Å². The minimum atomic E-state index is -4.47. The summed E-state index contributed by atoms with van der Waals surface area (Å²) in [6.07, 6.45) is -4.00. The van der Waals surface area contributed by atoms with Crippen molar-refractivity contribution in [3.05, 3.63) is 58.8 Å². The number of phenols is 1. The molecule has 0 saturated heterocycles. The van der Waals surface area contributed by atoms with Crippen LogP contribution in [-0.4, -0.2) is 17.3 Å². The zero-order valence-electron chi connectivity index (χ0n) is 14.1. The molecule has 0 atom stereocenters. The summed E-state index contributed by atoms with van der Waals surface area (Å²) >= 11 is 0. The van der Waals surface area contributed by atoms with Crippen LogP contribution in [0.4, 0.5) is 18.9 Å². The first kappa shape index (κ1) is 18.5. The monoisotopic (exact) mass is 377 g/mol. The smallest absolute Gasteiger partial charge is 0.416 e. The van der Waals surface area contributed by atoms with E-state index in [9.17, 15) is 27.9 Å². The summed E-state index contributed by atoms with van der Waals surface area (Å²) < 4.78 is 43.4. The molecule has 1 aromatic heterocycles. The molecule has 0 spiro atoms. The highest BCUT2D eigenvalue weighted by Crippen LogP contribution is 2.35. The van der Waals surface area contributed by atoms with Crippen LogP contribution < -0.4 is 5.32 Å². The summed E-state index contributed by atoms with van der Waals surface area (Å²) in [5.74, 6) is -0.519. The number of nitrogens with one attached hydrogen (secondary N) is 1. The van der Waals surface area contributed by atoms with Gasteiger partial charge in [0.25, 0.3) is 5.91 Å². The maximum absolute atomic E-state index is 12.7. The second kappa shape index (κ2) is 6.79. The van der Waals surface area contributed by atoms with Gasteiger partial charge in [-0.2, -0.15) is 13.2 Å². The predicted molar refractivity (Wildman–Crippen MR) is 91.8 cm³/mol. The number of furan rings is 1. The third-order valence-corrected chi connectivity index (χ3v) is 4.10. The number of alkyl halides is 3. The highest BCUT2D eigenvalue weighted by Gasteiger charge is 2.30. The summed E-state index contributed by atoms with van der Waals surface area (Å²) in [7, 11) is 0. The zero-order chi connectivity index (χ0) is 19.8. The summed E-state index contributed by atoms with van der Waals surface area (Å²) in [6.45, 7) is 1.55. The number of rotatable bonds is 4. The molecular formula is C19H14F3NO4. The van der Waals surface area contributed by atoms with E-state index in [2.05, 4.69) is 5.32 Å². The molecule has 27 heavy (non-hydrogen) atoms. The van der Waals surface area contributed by atoms with Gasteiger partial charge >= 0.3 is 6.18 Å². The molecule has 0 aliphatic rings. The van der Waals surface area contributed by atoms with Crippen LogP contribution in [0.25, 0.3) is 11.0 Å². The van der Waals surface area contributed by atoms with Gasteiger partial charge in [-0.15, -0.1) is 0 Å². The number of benzene rings is 2. The van der Waals surface area contributed by atoms with E-state index >= 15 is 0 Å². The summed E-state index contributed by atoms with van der Waals surface area (Å²) in [4.78, 5) is 23.6. The molecule has 2 N–H and O–H groups in total. The van der Waals surface area contributed by atoms with Crippen LogP contribution in [0.1, 0.15) is 27.2 Å². The number of hydrogen-bond acceptors (Lipinski definition) is 4. The molecule has 0 bridgehead atoms. The molecular weight excluding hydrogens is 363 g/mol. The van der Waals surface area contributed by atoms with Crippen molar-refractivity contribution in [2.24, 2.45) is 0 Å². The Balaban J connectivity index is 1.99.